The van der Waals surface area contributed by atoms with Crippen molar-refractivity contribution in [2.75, 3.05) is 46.4 Å². The fourth-order valence-corrected chi connectivity index (χ4v) is 4.51. The second-order valence-corrected chi connectivity index (χ2v) is 7.32. The van der Waals surface area contributed by atoms with E-state index in [0.29, 0.717) is 0 Å². The van der Waals surface area contributed by atoms with Crippen molar-refractivity contribution in [3.8, 4) is 5.75 Å². The van der Waals surface area contributed by atoms with Gasteiger partial charge in [0, 0.05) is 26.2 Å². The maximum atomic E-state index is 5.94. The second kappa shape index (κ2) is 8.84. The summed E-state index contributed by atoms with van der Waals surface area (Å²) in [6.45, 7) is 6.71. The van der Waals surface area contributed by atoms with Crippen molar-refractivity contribution in [3.05, 3.63) is 29.3 Å². The molecule has 2 atom stereocenters. The molecule has 4 heteroatoms. The molecule has 3 N–H and O–H groups in total. The van der Waals surface area contributed by atoms with E-state index in [1.165, 1.54) is 50.0 Å². The zero-order valence-corrected chi connectivity index (χ0v) is 15.1. The minimum atomic E-state index is 0.754. The summed E-state index contributed by atoms with van der Waals surface area (Å²) in [6, 6.07) is 6.53. The van der Waals surface area contributed by atoms with Crippen molar-refractivity contribution in [2.45, 2.75) is 32.1 Å². The summed E-state index contributed by atoms with van der Waals surface area (Å²) in [5, 5.41) is 3.44. The van der Waals surface area contributed by atoms with Crippen molar-refractivity contribution in [2.24, 2.45) is 17.6 Å². The van der Waals surface area contributed by atoms with E-state index in [1.54, 1.807) is 7.11 Å². The molecule has 1 aliphatic heterocycles. The zero-order valence-electron chi connectivity index (χ0n) is 15.1. The molecule has 0 aromatic heterocycles. The Labute approximate surface area is 146 Å². The Morgan fingerprint density at radius 1 is 1.29 bits per heavy atom. The first-order valence-electron chi connectivity index (χ1n) is 9.59. The van der Waals surface area contributed by atoms with Gasteiger partial charge in [0.25, 0.3) is 0 Å². The Kier molecular flexibility index (Phi) is 6.52. The standard InChI is InChI=1S/C20H33N3O/c1-24-20-4-2-3-18-15-17(5-6-19(18)20)16(7-9-21)8-12-23-13-10-22-11-14-23/h2-4,16-17,22H,5-15,21H2,1H3. The molecule has 0 bridgehead atoms. The molecule has 0 spiro atoms. The summed E-state index contributed by atoms with van der Waals surface area (Å²) in [4.78, 5) is 2.61. The number of rotatable bonds is 7. The van der Waals surface area contributed by atoms with Crippen LogP contribution >= 0.6 is 0 Å². The van der Waals surface area contributed by atoms with Crippen LogP contribution in [-0.2, 0) is 12.8 Å². The molecule has 2 aliphatic rings. The van der Waals surface area contributed by atoms with Gasteiger partial charge in [-0.2, -0.15) is 0 Å². The predicted octanol–water partition coefficient (Wildman–Crippen LogP) is 2.06. The van der Waals surface area contributed by atoms with Gasteiger partial charge >= 0.3 is 0 Å². The van der Waals surface area contributed by atoms with Crippen LogP contribution in [0.25, 0.3) is 0 Å². The number of fused-ring (bicyclic) bond motifs is 1. The highest BCUT2D eigenvalue weighted by Gasteiger charge is 2.27. The van der Waals surface area contributed by atoms with E-state index in [-0.39, 0.29) is 0 Å². The van der Waals surface area contributed by atoms with E-state index in [9.17, 15) is 0 Å². The number of benzene rings is 1. The van der Waals surface area contributed by atoms with Crippen molar-refractivity contribution in [3.63, 3.8) is 0 Å². The van der Waals surface area contributed by atoms with E-state index in [2.05, 4.69) is 28.4 Å². The van der Waals surface area contributed by atoms with E-state index in [1.807, 2.05) is 0 Å². The number of nitrogens with one attached hydrogen (secondary N) is 1. The monoisotopic (exact) mass is 331 g/mol. The van der Waals surface area contributed by atoms with Crippen molar-refractivity contribution in [1.29, 1.82) is 0 Å². The van der Waals surface area contributed by atoms with E-state index < -0.39 is 0 Å². The number of methoxy groups -OCH3 is 1. The molecule has 1 heterocycles. The number of nitrogens with two attached hydrogens (primary N) is 1. The van der Waals surface area contributed by atoms with Gasteiger partial charge in [0.1, 0.15) is 5.75 Å². The minimum Gasteiger partial charge on any atom is -0.496 e. The molecule has 1 aliphatic carbocycles. The maximum Gasteiger partial charge on any atom is 0.122 e. The molecule has 0 radical (unpaired) electrons. The number of piperazine rings is 1. The first-order chi connectivity index (χ1) is 11.8. The van der Waals surface area contributed by atoms with Gasteiger partial charge in [0.2, 0.25) is 0 Å². The van der Waals surface area contributed by atoms with Gasteiger partial charge in [-0.05, 0) is 74.2 Å². The molecule has 1 aromatic carbocycles. The molecule has 3 rings (SSSR count). The lowest BCUT2D eigenvalue weighted by Crippen LogP contribution is -2.44. The van der Waals surface area contributed by atoms with E-state index in [0.717, 1.165) is 50.1 Å². The molecule has 2 unspecified atom stereocenters. The van der Waals surface area contributed by atoms with E-state index >= 15 is 0 Å². The Morgan fingerprint density at radius 2 is 2.12 bits per heavy atom. The second-order valence-electron chi connectivity index (χ2n) is 7.32. The molecule has 1 fully saturated rings. The quantitative estimate of drug-likeness (QED) is 0.803. The molecule has 0 saturated carbocycles. The van der Waals surface area contributed by atoms with Gasteiger partial charge in [-0.3, -0.25) is 0 Å². The number of hydrogen-bond acceptors (Lipinski definition) is 4. The van der Waals surface area contributed by atoms with Crippen molar-refractivity contribution >= 4 is 0 Å². The molecular formula is C20H33N3O. The SMILES string of the molecule is COc1cccc2c1CCC(C(CCN)CCN1CCNCC1)C2. The highest BCUT2D eigenvalue weighted by molar-refractivity contribution is 5.42. The summed E-state index contributed by atoms with van der Waals surface area (Å²) in [5.41, 5.74) is 8.87. The fourth-order valence-electron chi connectivity index (χ4n) is 4.51. The molecule has 4 nitrogen and oxygen atoms in total. The maximum absolute atomic E-state index is 5.94. The van der Waals surface area contributed by atoms with Crippen LogP contribution in [0.5, 0.6) is 5.75 Å². The van der Waals surface area contributed by atoms with Gasteiger partial charge in [0.15, 0.2) is 0 Å². The Bertz CT molecular complexity index is 514. The Hall–Kier alpha value is -1.10. The first-order valence-corrected chi connectivity index (χ1v) is 9.59. The highest BCUT2D eigenvalue weighted by Crippen LogP contribution is 2.37. The smallest absolute Gasteiger partial charge is 0.122 e. The number of ether oxygens (including phenoxy) is 1. The van der Waals surface area contributed by atoms with Gasteiger partial charge in [-0.25, -0.2) is 0 Å². The summed E-state index contributed by atoms with van der Waals surface area (Å²) in [5.74, 6) is 2.60. The van der Waals surface area contributed by atoms with E-state index in [4.69, 9.17) is 10.5 Å². The third-order valence-electron chi connectivity index (χ3n) is 5.93. The van der Waals surface area contributed by atoms with Crippen molar-refractivity contribution in [1.82, 2.24) is 10.2 Å². The van der Waals surface area contributed by atoms with Gasteiger partial charge < -0.3 is 20.7 Å². The molecule has 0 amide bonds. The van der Waals surface area contributed by atoms with Gasteiger partial charge in [-0.1, -0.05) is 12.1 Å². The molecular weight excluding hydrogens is 298 g/mol. The molecule has 24 heavy (non-hydrogen) atoms. The highest BCUT2D eigenvalue weighted by atomic mass is 16.5. The molecule has 1 aromatic rings. The normalized spacial score (nSPS) is 22.8. The van der Waals surface area contributed by atoms with Crippen LogP contribution in [0.3, 0.4) is 0 Å². The van der Waals surface area contributed by atoms with Gasteiger partial charge in [-0.15, -0.1) is 0 Å². The fraction of sp³-hybridized carbons (Fsp3) is 0.700. The lowest BCUT2D eigenvalue weighted by Gasteiger charge is -2.34. The Morgan fingerprint density at radius 3 is 2.88 bits per heavy atom. The van der Waals surface area contributed by atoms with Crippen LogP contribution < -0.4 is 15.8 Å². The van der Waals surface area contributed by atoms with Crippen LogP contribution in [0.15, 0.2) is 18.2 Å². The number of hydrogen-bond donors (Lipinski definition) is 2. The van der Waals surface area contributed by atoms with Crippen LogP contribution in [0, 0.1) is 11.8 Å². The summed E-state index contributed by atoms with van der Waals surface area (Å²) < 4.78 is 5.55. The van der Waals surface area contributed by atoms with Crippen molar-refractivity contribution < 1.29 is 4.74 Å². The third kappa shape index (κ3) is 4.29. The topological polar surface area (TPSA) is 50.5 Å². The van der Waals surface area contributed by atoms with Crippen LogP contribution in [0.2, 0.25) is 0 Å². The minimum absolute atomic E-state index is 0.754. The van der Waals surface area contributed by atoms with Crippen LogP contribution in [0.4, 0.5) is 0 Å². The first kappa shape index (κ1) is 17.7. The molecule has 134 valence electrons. The van der Waals surface area contributed by atoms with Crippen LogP contribution in [0.1, 0.15) is 30.4 Å². The lowest BCUT2D eigenvalue weighted by molar-refractivity contribution is 0.191. The summed E-state index contributed by atoms with van der Waals surface area (Å²) in [6.07, 6.45) is 6.08. The van der Waals surface area contributed by atoms with Gasteiger partial charge in [0.05, 0.1) is 7.11 Å². The summed E-state index contributed by atoms with van der Waals surface area (Å²) >= 11 is 0. The average molecular weight is 332 g/mol. The Balaban J connectivity index is 1.61. The molecule has 1 saturated heterocycles. The third-order valence-corrected chi connectivity index (χ3v) is 5.93. The predicted molar refractivity (Wildman–Crippen MR) is 99.6 cm³/mol. The average Bonchev–Trinajstić information content (AvgIpc) is 2.65. The summed E-state index contributed by atoms with van der Waals surface area (Å²) in [7, 11) is 1.78. The largest absolute Gasteiger partial charge is 0.496 e. The lowest BCUT2D eigenvalue weighted by atomic mass is 9.74. The van der Waals surface area contributed by atoms with Crippen LogP contribution in [-0.4, -0.2) is 51.3 Å². The number of nitrogens with zero attached hydrogens (tertiary/aromatic N) is 1. The zero-order chi connectivity index (χ0) is 16.8.